The molecule has 0 atom stereocenters. The first-order valence-corrected chi connectivity index (χ1v) is 9.25. The van der Waals surface area contributed by atoms with Crippen LogP contribution in [-0.4, -0.2) is 30.0 Å². The van der Waals surface area contributed by atoms with Crippen LogP contribution in [0.4, 0.5) is 11.6 Å². The van der Waals surface area contributed by atoms with Gasteiger partial charge in [-0.2, -0.15) is 0 Å². The van der Waals surface area contributed by atoms with Crippen molar-refractivity contribution in [1.29, 1.82) is 0 Å². The van der Waals surface area contributed by atoms with Crippen LogP contribution in [0.2, 0.25) is 5.02 Å². The highest BCUT2D eigenvalue weighted by Crippen LogP contribution is 2.26. The number of hydrogen-bond acceptors (Lipinski definition) is 5. The van der Waals surface area contributed by atoms with E-state index >= 15 is 0 Å². The highest BCUT2D eigenvalue weighted by Gasteiger charge is 2.34. The Labute approximate surface area is 167 Å². The van der Waals surface area contributed by atoms with Crippen LogP contribution in [0, 0.1) is 0 Å². The van der Waals surface area contributed by atoms with Gasteiger partial charge in [0.15, 0.2) is 11.0 Å². The molecule has 1 aliphatic heterocycles. The molecule has 2 amide bonds. The zero-order valence-corrected chi connectivity index (χ0v) is 16.4. The van der Waals surface area contributed by atoms with Crippen LogP contribution in [-0.2, 0) is 9.59 Å². The molecule has 0 saturated carbocycles. The Morgan fingerprint density at radius 1 is 1.22 bits per heavy atom. The molecule has 1 aromatic carbocycles. The van der Waals surface area contributed by atoms with Crippen molar-refractivity contribution >= 4 is 58.4 Å². The minimum atomic E-state index is -0.566. The fourth-order valence-corrected chi connectivity index (χ4v) is 3.24. The van der Waals surface area contributed by atoms with Crippen molar-refractivity contribution in [3.63, 3.8) is 0 Å². The third-order valence-electron chi connectivity index (χ3n) is 4.14. The Hall–Kier alpha value is -2.64. The summed E-state index contributed by atoms with van der Waals surface area (Å²) in [5.74, 6) is -0.0112. The minimum absolute atomic E-state index is 0.00712. The minimum Gasteiger partial charge on any atom is -0.441 e. The lowest BCUT2D eigenvalue weighted by atomic mass is 10.1. The summed E-state index contributed by atoms with van der Waals surface area (Å²) in [6.07, 6.45) is 1.42. The number of rotatable bonds is 5. The smallest absolute Gasteiger partial charge is 0.270 e. The topological polar surface area (TPSA) is 65.8 Å². The average molecular weight is 404 g/mol. The summed E-state index contributed by atoms with van der Waals surface area (Å²) in [5, 5.41) is 3.00. The highest BCUT2D eigenvalue weighted by atomic mass is 35.5. The number of thiocarbonyl (C=S) groups is 1. The fourth-order valence-electron chi connectivity index (χ4n) is 2.77. The second-order valence-corrected chi connectivity index (χ2v) is 6.61. The van der Waals surface area contributed by atoms with Crippen LogP contribution in [0.5, 0.6) is 0 Å². The van der Waals surface area contributed by atoms with Gasteiger partial charge in [0.2, 0.25) is 0 Å². The second-order valence-electron chi connectivity index (χ2n) is 5.79. The lowest BCUT2D eigenvalue weighted by Crippen LogP contribution is -2.54. The molecule has 27 heavy (non-hydrogen) atoms. The Balaban J connectivity index is 1.95. The van der Waals surface area contributed by atoms with Crippen LogP contribution in [0.25, 0.3) is 6.08 Å². The van der Waals surface area contributed by atoms with Crippen molar-refractivity contribution in [3.05, 3.63) is 52.8 Å². The van der Waals surface area contributed by atoms with Gasteiger partial charge in [-0.25, -0.2) is 0 Å². The first-order valence-electron chi connectivity index (χ1n) is 8.46. The maximum absolute atomic E-state index is 12.9. The maximum Gasteiger partial charge on any atom is 0.270 e. The SMILES string of the molecule is CCN(CC)c1ccc(/C=C2/C(=O)NC(=S)N(c3cccc(Cl)c3)C2=O)o1. The number of nitrogens with one attached hydrogen (secondary N) is 1. The predicted molar refractivity (Wildman–Crippen MR) is 110 cm³/mol. The van der Waals surface area contributed by atoms with E-state index in [-0.39, 0.29) is 10.7 Å². The number of halogens is 1. The average Bonchev–Trinajstić information content (AvgIpc) is 3.08. The fraction of sp³-hybridized carbons (Fsp3) is 0.211. The standard InChI is InChI=1S/C19H18ClN3O3S/c1-3-22(4-2)16-9-8-14(26-16)11-15-17(24)21-19(27)23(18(15)25)13-7-5-6-12(20)10-13/h5-11H,3-4H2,1-2H3,(H,21,24,27)/b15-11-. The van der Waals surface area contributed by atoms with Crippen LogP contribution in [0.1, 0.15) is 19.6 Å². The molecule has 1 aliphatic rings. The molecule has 0 bridgehead atoms. The van der Waals surface area contributed by atoms with E-state index in [1.807, 2.05) is 24.8 Å². The van der Waals surface area contributed by atoms with Crippen LogP contribution < -0.4 is 15.1 Å². The first-order chi connectivity index (χ1) is 12.9. The maximum atomic E-state index is 12.9. The van der Waals surface area contributed by atoms with Gasteiger partial charge in [0.1, 0.15) is 11.3 Å². The van der Waals surface area contributed by atoms with Gasteiger partial charge in [0.25, 0.3) is 11.8 Å². The van der Waals surface area contributed by atoms with Crippen LogP contribution >= 0.6 is 23.8 Å². The number of amides is 2. The van der Waals surface area contributed by atoms with Crippen molar-refractivity contribution in [2.24, 2.45) is 0 Å². The molecular formula is C19H18ClN3O3S. The molecule has 0 aliphatic carbocycles. The number of furan rings is 1. The molecule has 2 aromatic rings. The second kappa shape index (κ2) is 7.94. The van der Waals surface area contributed by atoms with E-state index in [2.05, 4.69) is 5.32 Å². The third kappa shape index (κ3) is 3.89. The van der Waals surface area contributed by atoms with E-state index in [9.17, 15) is 9.59 Å². The first kappa shape index (κ1) is 19.1. The van der Waals surface area contributed by atoms with E-state index in [0.717, 1.165) is 13.1 Å². The number of benzene rings is 1. The van der Waals surface area contributed by atoms with Crippen molar-refractivity contribution < 1.29 is 14.0 Å². The predicted octanol–water partition coefficient (Wildman–Crippen LogP) is 3.61. The number of carbonyl (C=O) groups excluding carboxylic acids is 2. The summed E-state index contributed by atoms with van der Waals surface area (Å²) in [7, 11) is 0. The van der Waals surface area contributed by atoms with E-state index in [1.54, 1.807) is 30.3 Å². The number of nitrogens with zero attached hydrogens (tertiary/aromatic N) is 2. The molecule has 1 fully saturated rings. The number of hydrogen-bond donors (Lipinski definition) is 1. The zero-order valence-electron chi connectivity index (χ0n) is 14.9. The quantitative estimate of drug-likeness (QED) is 0.469. The number of anilines is 2. The Morgan fingerprint density at radius 2 is 1.96 bits per heavy atom. The Kier molecular flexibility index (Phi) is 5.62. The Morgan fingerprint density at radius 3 is 2.63 bits per heavy atom. The molecule has 3 rings (SSSR count). The number of carbonyl (C=O) groups is 2. The normalized spacial score (nSPS) is 16.0. The van der Waals surface area contributed by atoms with E-state index in [1.165, 1.54) is 11.0 Å². The molecule has 140 valence electrons. The van der Waals surface area contributed by atoms with Gasteiger partial charge < -0.3 is 9.32 Å². The molecule has 0 spiro atoms. The zero-order chi connectivity index (χ0) is 19.6. The van der Waals surface area contributed by atoms with Crippen molar-refractivity contribution in [1.82, 2.24) is 5.32 Å². The molecule has 6 nitrogen and oxygen atoms in total. The third-order valence-corrected chi connectivity index (χ3v) is 4.66. The van der Waals surface area contributed by atoms with E-state index in [0.29, 0.717) is 22.4 Å². The highest BCUT2D eigenvalue weighted by molar-refractivity contribution is 7.80. The van der Waals surface area contributed by atoms with Gasteiger partial charge in [0, 0.05) is 24.2 Å². The summed E-state index contributed by atoms with van der Waals surface area (Å²) in [5.41, 5.74) is 0.413. The molecular weight excluding hydrogens is 386 g/mol. The van der Waals surface area contributed by atoms with Gasteiger partial charge in [-0.1, -0.05) is 17.7 Å². The summed E-state index contributed by atoms with van der Waals surface area (Å²) >= 11 is 11.2. The molecule has 1 saturated heterocycles. The summed E-state index contributed by atoms with van der Waals surface area (Å²) in [6, 6.07) is 10.2. The summed E-state index contributed by atoms with van der Waals surface area (Å²) in [6.45, 7) is 5.62. The Bertz CT molecular complexity index is 934. The van der Waals surface area contributed by atoms with Gasteiger partial charge in [-0.3, -0.25) is 19.8 Å². The lowest BCUT2D eigenvalue weighted by Gasteiger charge is -2.28. The van der Waals surface area contributed by atoms with Crippen LogP contribution in [0.3, 0.4) is 0 Å². The van der Waals surface area contributed by atoms with Gasteiger partial charge in [0.05, 0.1) is 5.69 Å². The van der Waals surface area contributed by atoms with Gasteiger partial charge in [-0.15, -0.1) is 0 Å². The van der Waals surface area contributed by atoms with Crippen molar-refractivity contribution in [3.8, 4) is 0 Å². The largest absolute Gasteiger partial charge is 0.441 e. The molecule has 0 radical (unpaired) electrons. The molecule has 1 N–H and O–H groups in total. The van der Waals surface area contributed by atoms with E-state index in [4.69, 9.17) is 28.2 Å². The molecule has 8 heteroatoms. The molecule has 2 heterocycles. The van der Waals surface area contributed by atoms with Gasteiger partial charge >= 0.3 is 0 Å². The van der Waals surface area contributed by atoms with E-state index < -0.39 is 11.8 Å². The van der Waals surface area contributed by atoms with Crippen LogP contribution in [0.15, 0.2) is 46.4 Å². The summed E-state index contributed by atoms with van der Waals surface area (Å²) < 4.78 is 5.76. The van der Waals surface area contributed by atoms with Crippen molar-refractivity contribution in [2.45, 2.75) is 13.8 Å². The monoisotopic (exact) mass is 403 g/mol. The molecule has 0 unspecified atom stereocenters. The lowest BCUT2D eigenvalue weighted by molar-refractivity contribution is -0.122. The van der Waals surface area contributed by atoms with Crippen molar-refractivity contribution in [2.75, 3.05) is 22.9 Å². The summed E-state index contributed by atoms with van der Waals surface area (Å²) in [4.78, 5) is 28.5. The van der Waals surface area contributed by atoms with Gasteiger partial charge in [-0.05, 0) is 56.4 Å². The molecule has 1 aromatic heterocycles.